The highest BCUT2D eigenvalue weighted by Crippen LogP contribution is 2.26. The summed E-state index contributed by atoms with van der Waals surface area (Å²) in [5.74, 6) is 0.455. The van der Waals surface area contributed by atoms with Gasteiger partial charge in [-0.25, -0.2) is 8.42 Å². The zero-order valence-corrected chi connectivity index (χ0v) is 13.1. The van der Waals surface area contributed by atoms with Crippen LogP contribution in [0.25, 0.3) is 0 Å². The van der Waals surface area contributed by atoms with Crippen LogP contribution < -0.4 is 10.5 Å². The quantitative estimate of drug-likeness (QED) is 0.768. The SMILES string of the molecule is COCCN(C(C)C)S(=O)(=O)c1ccc(OC)c(N)c1. The van der Waals surface area contributed by atoms with E-state index in [1.54, 1.807) is 6.07 Å². The molecule has 2 N–H and O–H groups in total. The second-order valence-electron chi connectivity index (χ2n) is 4.61. The lowest BCUT2D eigenvalue weighted by Crippen LogP contribution is -2.39. The van der Waals surface area contributed by atoms with Gasteiger partial charge in [-0.2, -0.15) is 4.31 Å². The Morgan fingerprint density at radius 2 is 1.95 bits per heavy atom. The fourth-order valence-corrected chi connectivity index (χ4v) is 3.50. The fraction of sp³-hybridized carbons (Fsp3) is 0.538. The molecule has 0 aliphatic carbocycles. The number of benzene rings is 1. The van der Waals surface area contributed by atoms with E-state index in [0.717, 1.165) is 0 Å². The molecule has 114 valence electrons. The number of sulfonamides is 1. The summed E-state index contributed by atoms with van der Waals surface area (Å²) in [6.07, 6.45) is 0. The molecule has 1 rings (SSSR count). The van der Waals surface area contributed by atoms with Crippen molar-refractivity contribution in [2.75, 3.05) is 33.1 Å². The predicted octanol–water partition coefficient (Wildman–Crippen LogP) is 1.32. The molecule has 0 amide bonds. The molecule has 0 radical (unpaired) electrons. The van der Waals surface area contributed by atoms with Gasteiger partial charge < -0.3 is 15.2 Å². The third-order valence-corrected chi connectivity index (χ3v) is 4.97. The molecule has 0 aliphatic heterocycles. The molecular formula is C13H22N2O4S. The molecule has 0 unspecified atom stereocenters. The van der Waals surface area contributed by atoms with Crippen LogP contribution in [-0.2, 0) is 14.8 Å². The van der Waals surface area contributed by atoms with Crippen LogP contribution in [0.5, 0.6) is 5.75 Å². The highest BCUT2D eigenvalue weighted by Gasteiger charge is 2.27. The van der Waals surface area contributed by atoms with E-state index < -0.39 is 10.0 Å². The van der Waals surface area contributed by atoms with E-state index in [0.29, 0.717) is 24.6 Å². The Kier molecular flexibility index (Phi) is 5.79. The maximum Gasteiger partial charge on any atom is 0.243 e. The van der Waals surface area contributed by atoms with E-state index in [-0.39, 0.29) is 10.9 Å². The number of nitrogen functional groups attached to an aromatic ring is 1. The predicted molar refractivity (Wildman–Crippen MR) is 78.3 cm³/mol. The zero-order chi connectivity index (χ0) is 15.3. The molecule has 0 saturated heterocycles. The van der Waals surface area contributed by atoms with Gasteiger partial charge in [-0.05, 0) is 32.0 Å². The standard InChI is InChI=1S/C13H22N2O4S/c1-10(2)15(7-8-18-3)20(16,17)11-5-6-13(19-4)12(14)9-11/h5-6,9-10H,7-8,14H2,1-4H3. The second kappa shape index (κ2) is 6.92. The van der Waals surface area contributed by atoms with Crippen molar-refractivity contribution in [3.05, 3.63) is 18.2 Å². The molecule has 0 aliphatic rings. The smallest absolute Gasteiger partial charge is 0.243 e. The summed E-state index contributed by atoms with van der Waals surface area (Å²) in [6.45, 7) is 4.27. The van der Waals surface area contributed by atoms with Gasteiger partial charge >= 0.3 is 0 Å². The number of nitrogens with two attached hydrogens (primary N) is 1. The molecular weight excluding hydrogens is 280 g/mol. The van der Waals surface area contributed by atoms with Gasteiger partial charge in [0, 0.05) is 19.7 Å². The number of nitrogens with zero attached hydrogens (tertiary/aromatic N) is 1. The van der Waals surface area contributed by atoms with E-state index in [2.05, 4.69) is 0 Å². The van der Waals surface area contributed by atoms with Gasteiger partial charge in [0.25, 0.3) is 0 Å². The highest BCUT2D eigenvalue weighted by atomic mass is 32.2. The molecule has 7 heteroatoms. The highest BCUT2D eigenvalue weighted by molar-refractivity contribution is 7.89. The molecule has 20 heavy (non-hydrogen) atoms. The molecule has 1 aromatic rings. The van der Waals surface area contributed by atoms with Crippen LogP contribution in [0.3, 0.4) is 0 Å². The third-order valence-electron chi connectivity index (χ3n) is 2.90. The normalized spacial score (nSPS) is 12.1. The molecule has 0 fully saturated rings. The van der Waals surface area contributed by atoms with Gasteiger partial charge in [0.1, 0.15) is 5.75 Å². The summed E-state index contributed by atoms with van der Waals surface area (Å²) < 4.78 is 36.6. The largest absolute Gasteiger partial charge is 0.495 e. The molecule has 0 atom stereocenters. The number of methoxy groups -OCH3 is 2. The summed E-state index contributed by atoms with van der Waals surface area (Å²) in [5.41, 5.74) is 6.07. The topological polar surface area (TPSA) is 81.9 Å². The minimum atomic E-state index is -3.60. The van der Waals surface area contributed by atoms with Crippen molar-refractivity contribution >= 4 is 15.7 Å². The van der Waals surface area contributed by atoms with Crippen molar-refractivity contribution in [2.24, 2.45) is 0 Å². The van der Waals surface area contributed by atoms with E-state index in [9.17, 15) is 8.42 Å². The van der Waals surface area contributed by atoms with Gasteiger partial charge in [0.15, 0.2) is 0 Å². The molecule has 0 saturated carbocycles. The van der Waals surface area contributed by atoms with Crippen LogP contribution in [0.1, 0.15) is 13.8 Å². The molecule has 0 bridgehead atoms. The number of rotatable bonds is 7. The molecule has 1 aromatic carbocycles. The van der Waals surface area contributed by atoms with Gasteiger partial charge in [-0.3, -0.25) is 0 Å². The van der Waals surface area contributed by atoms with Gasteiger partial charge in [-0.1, -0.05) is 0 Å². The minimum absolute atomic E-state index is 0.153. The first-order chi connectivity index (χ1) is 9.34. The van der Waals surface area contributed by atoms with Gasteiger partial charge in [0.2, 0.25) is 10.0 Å². The fourth-order valence-electron chi connectivity index (χ4n) is 1.85. The summed E-state index contributed by atoms with van der Waals surface area (Å²) in [4.78, 5) is 0.153. The van der Waals surface area contributed by atoms with Crippen molar-refractivity contribution in [1.82, 2.24) is 4.31 Å². The Morgan fingerprint density at radius 1 is 1.30 bits per heavy atom. The number of anilines is 1. The molecule has 0 heterocycles. The Bertz CT molecular complexity index is 543. The molecule has 0 spiro atoms. The Morgan fingerprint density at radius 3 is 2.40 bits per heavy atom. The maximum absolute atomic E-state index is 12.6. The molecule has 6 nitrogen and oxygen atoms in total. The average Bonchev–Trinajstić information content (AvgIpc) is 2.38. The van der Waals surface area contributed by atoms with E-state index in [4.69, 9.17) is 15.2 Å². The van der Waals surface area contributed by atoms with Crippen LogP contribution in [0.4, 0.5) is 5.69 Å². The Labute approximate surface area is 120 Å². The third kappa shape index (κ3) is 3.62. The van der Waals surface area contributed by atoms with Gasteiger partial charge in [-0.15, -0.1) is 0 Å². The minimum Gasteiger partial charge on any atom is -0.495 e. The molecule has 0 aromatic heterocycles. The Balaban J connectivity index is 3.16. The summed E-state index contributed by atoms with van der Waals surface area (Å²) in [7, 11) is -0.579. The lowest BCUT2D eigenvalue weighted by atomic mass is 10.3. The number of hydrogen-bond donors (Lipinski definition) is 1. The van der Waals surface area contributed by atoms with Crippen LogP contribution in [0.15, 0.2) is 23.1 Å². The number of ether oxygens (including phenoxy) is 2. The van der Waals surface area contributed by atoms with Gasteiger partial charge in [0.05, 0.1) is 24.3 Å². The first kappa shape index (κ1) is 16.7. The Hall–Kier alpha value is -1.31. The summed E-state index contributed by atoms with van der Waals surface area (Å²) >= 11 is 0. The number of hydrogen-bond acceptors (Lipinski definition) is 5. The van der Waals surface area contributed by atoms with E-state index >= 15 is 0 Å². The van der Waals surface area contributed by atoms with Crippen molar-refractivity contribution in [3.8, 4) is 5.75 Å². The maximum atomic E-state index is 12.6. The van der Waals surface area contributed by atoms with Crippen LogP contribution in [0, 0.1) is 0 Å². The van der Waals surface area contributed by atoms with Crippen molar-refractivity contribution < 1.29 is 17.9 Å². The monoisotopic (exact) mass is 302 g/mol. The van der Waals surface area contributed by atoms with Crippen LogP contribution >= 0.6 is 0 Å². The van der Waals surface area contributed by atoms with Crippen molar-refractivity contribution in [3.63, 3.8) is 0 Å². The lowest BCUT2D eigenvalue weighted by molar-refractivity contribution is 0.171. The first-order valence-electron chi connectivity index (χ1n) is 6.29. The first-order valence-corrected chi connectivity index (χ1v) is 7.73. The van der Waals surface area contributed by atoms with Crippen molar-refractivity contribution in [1.29, 1.82) is 0 Å². The average molecular weight is 302 g/mol. The summed E-state index contributed by atoms with van der Waals surface area (Å²) in [5, 5.41) is 0. The second-order valence-corrected chi connectivity index (χ2v) is 6.50. The van der Waals surface area contributed by atoms with Crippen LogP contribution in [-0.4, -0.2) is 46.1 Å². The van der Waals surface area contributed by atoms with Crippen LogP contribution in [0.2, 0.25) is 0 Å². The lowest BCUT2D eigenvalue weighted by Gasteiger charge is -2.25. The van der Waals surface area contributed by atoms with E-state index in [1.807, 2.05) is 13.8 Å². The summed E-state index contributed by atoms with van der Waals surface area (Å²) in [6, 6.07) is 4.29. The zero-order valence-electron chi connectivity index (χ0n) is 12.3. The van der Waals surface area contributed by atoms with E-state index in [1.165, 1.54) is 30.7 Å². The van der Waals surface area contributed by atoms with Crippen molar-refractivity contribution in [2.45, 2.75) is 24.8 Å².